The van der Waals surface area contributed by atoms with Crippen molar-refractivity contribution in [2.24, 2.45) is 0 Å². The van der Waals surface area contributed by atoms with Gasteiger partial charge in [-0.1, -0.05) is 18.2 Å². The predicted octanol–water partition coefficient (Wildman–Crippen LogP) is 2.84. The number of hydrogen-bond donors (Lipinski definition) is 1. The molecule has 5 nitrogen and oxygen atoms in total. The standard InChI is InChI=1S/C14H17N3O2S/c1-17(2)14(18)16-13-15-9-11(20-13)8-10-6-4-5-7-12(10)19-3/h4-7,9H,8H2,1-3H3,(H,15,16,18). The molecule has 20 heavy (non-hydrogen) atoms. The second-order valence-electron chi connectivity index (χ2n) is 4.44. The number of hydrogen-bond acceptors (Lipinski definition) is 4. The third kappa shape index (κ3) is 3.48. The lowest BCUT2D eigenvalue weighted by atomic mass is 10.1. The lowest BCUT2D eigenvalue weighted by Gasteiger charge is -2.09. The Bertz CT molecular complexity index is 596. The lowest BCUT2D eigenvalue weighted by Crippen LogP contribution is -2.27. The first-order chi connectivity index (χ1) is 9.60. The highest BCUT2D eigenvalue weighted by Crippen LogP contribution is 2.25. The van der Waals surface area contributed by atoms with Crippen LogP contribution >= 0.6 is 11.3 Å². The van der Waals surface area contributed by atoms with E-state index in [-0.39, 0.29) is 6.03 Å². The summed E-state index contributed by atoms with van der Waals surface area (Å²) < 4.78 is 5.33. The van der Waals surface area contributed by atoms with Crippen LogP contribution in [0, 0.1) is 0 Å². The third-order valence-electron chi connectivity index (χ3n) is 2.73. The van der Waals surface area contributed by atoms with Crippen LogP contribution in [0.25, 0.3) is 0 Å². The predicted molar refractivity (Wildman–Crippen MR) is 80.6 cm³/mol. The van der Waals surface area contributed by atoms with Crippen LogP contribution in [-0.4, -0.2) is 37.1 Å². The summed E-state index contributed by atoms with van der Waals surface area (Å²) in [4.78, 5) is 18.3. The number of urea groups is 1. The fraction of sp³-hybridized carbons (Fsp3) is 0.286. The highest BCUT2D eigenvalue weighted by molar-refractivity contribution is 7.15. The van der Waals surface area contributed by atoms with E-state index in [4.69, 9.17) is 4.74 Å². The molecule has 1 N–H and O–H groups in total. The number of nitrogens with zero attached hydrogens (tertiary/aromatic N) is 2. The maximum absolute atomic E-state index is 11.5. The number of thiazole rings is 1. The van der Waals surface area contributed by atoms with E-state index in [1.165, 1.54) is 16.2 Å². The number of carbonyl (C=O) groups is 1. The van der Waals surface area contributed by atoms with Crippen molar-refractivity contribution in [3.63, 3.8) is 0 Å². The van der Waals surface area contributed by atoms with E-state index in [0.717, 1.165) is 22.6 Å². The number of aromatic nitrogens is 1. The average molecular weight is 291 g/mol. The van der Waals surface area contributed by atoms with E-state index < -0.39 is 0 Å². The fourth-order valence-electron chi connectivity index (χ4n) is 1.69. The Morgan fingerprint density at radius 3 is 2.85 bits per heavy atom. The van der Waals surface area contributed by atoms with Gasteiger partial charge in [-0.2, -0.15) is 0 Å². The summed E-state index contributed by atoms with van der Waals surface area (Å²) in [6.45, 7) is 0. The summed E-state index contributed by atoms with van der Waals surface area (Å²) in [5.41, 5.74) is 1.10. The Hall–Kier alpha value is -2.08. The van der Waals surface area contributed by atoms with Crippen molar-refractivity contribution in [2.75, 3.05) is 26.5 Å². The van der Waals surface area contributed by atoms with E-state index in [9.17, 15) is 4.79 Å². The van der Waals surface area contributed by atoms with E-state index in [1.54, 1.807) is 27.4 Å². The summed E-state index contributed by atoms with van der Waals surface area (Å²) in [6, 6.07) is 7.70. The van der Waals surface area contributed by atoms with Gasteiger partial charge in [0.15, 0.2) is 5.13 Å². The Kier molecular flexibility index (Phi) is 4.57. The van der Waals surface area contributed by atoms with Crippen LogP contribution in [0.5, 0.6) is 5.75 Å². The number of methoxy groups -OCH3 is 1. The molecule has 2 aromatic rings. The second-order valence-corrected chi connectivity index (χ2v) is 5.56. The minimum Gasteiger partial charge on any atom is -0.496 e. The molecular weight excluding hydrogens is 274 g/mol. The van der Waals surface area contributed by atoms with Crippen molar-refractivity contribution in [2.45, 2.75) is 6.42 Å². The molecule has 1 heterocycles. The van der Waals surface area contributed by atoms with E-state index in [2.05, 4.69) is 10.3 Å². The van der Waals surface area contributed by atoms with Crippen LogP contribution in [0.1, 0.15) is 10.4 Å². The molecule has 106 valence electrons. The lowest BCUT2D eigenvalue weighted by molar-refractivity contribution is 0.230. The molecule has 0 aliphatic heterocycles. The first-order valence-electron chi connectivity index (χ1n) is 6.15. The normalized spacial score (nSPS) is 10.2. The number of amides is 2. The van der Waals surface area contributed by atoms with Crippen LogP contribution in [0.3, 0.4) is 0 Å². The van der Waals surface area contributed by atoms with Crippen LogP contribution in [0.2, 0.25) is 0 Å². The molecule has 1 aromatic heterocycles. The Balaban J connectivity index is 2.08. The first kappa shape index (κ1) is 14.3. The largest absolute Gasteiger partial charge is 0.496 e. The first-order valence-corrected chi connectivity index (χ1v) is 6.96. The van der Waals surface area contributed by atoms with Gasteiger partial charge in [-0.25, -0.2) is 9.78 Å². The Morgan fingerprint density at radius 2 is 2.15 bits per heavy atom. The van der Waals surface area contributed by atoms with Gasteiger partial charge in [-0.15, -0.1) is 11.3 Å². The van der Waals surface area contributed by atoms with E-state index in [0.29, 0.717) is 5.13 Å². The van der Waals surface area contributed by atoms with Gasteiger partial charge in [0.05, 0.1) is 7.11 Å². The van der Waals surface area contributed by atoms with Gasteiger partial charge in [-0.05, 0) is 11.6 Å². The van der Waals surface area contributed by atoms with Crippen molar-refractivity contribution in [1.29, 1.82) is 0 Å². The summed E-state index contributed by atoms with van der Waals surface area (Å²) in [7, 11) is 5.05. The number of benzene rings is 1. The molecule has 0 aliphatic carbocycles. The molecule has 0 spiro atoms. The minimum atomic E-state index is -0.178. The topological polar surface area (TPSA) is 54.5 Å². The van der Waals surface area contributed by atoms with Crippen molar-refractivity contribution < 1.29 is 9.53 Å². The van der Waals surface area contributed by atoms with Crippen LogP contribution in [0.4, 0.5) is 9.93 Å². The highest BCUT2D eigenvalue weighted by atomic mass is 32.1. The van der Waals surface area contributed by atoms with E-state index >= 15 is 0 Å². The quantitative estimate of drug-likeness (QED) is 0.942. The zero-order valence-corrected chi connectivity index (χ0v) is 12.5. The number of nitrogens with one attached hydrogen (secondary N) is 1. The van der Waals surface area contributed by atoms with Gasteiger partial charge in [0.2, 0.25) is 0 Å². The molecule has 0 saturated carbocycles. The smallest absolute Gasteiger partial charge is 0.323 e. The number of ether oxygens (including phenoxy) is 1. The highest BCUT2D eigenvalue weighted by Gasteiger charge is 2.09. The Labute approximate surface area is 122 Å². The number of para-hydroxylation sites is 1. The van der Waals surface area contributed by atoms with Gasteiger partial charge in [0.25, 0.3) is 0 Å². The van der Waals surface area contributed by atoms with Gasteiger partial charge in [0, 0.05) is 31.6 Å². The van der Waals surface area contributed by atoms with Gasteiger partial charge in [-0.3, -0.25) is 5.32 Å². The second kappa shape index (κ2) is 6.38. The maximum atomic E-state index is 11.5. The van der Waals surface area contributed by atoms with Gasteiger partial charge in [0.1, 0.15) is 5.75 Å². The molecule has 1 aromatic carbocycles. The molecule has 2 rings (SSSR count). The molecule has 0 atom stereocenters. The van der Waals surface area contributed by atoms with Gasteiger partial charge >= 0.3 is 6.03 Å². The summed E-state index contributed by atoms with van der Waals surface area (Å²) >= 11 is 1.47. The molecule has 0 radical (unpaired) electrons. The third-order valence-corrected chi connectivity index (χ3v) is 3.64. The molecule has 0 unspecified atom stereocenters. The van der Waals surface area contributed by atoms with E-state index in [1.807, 2.05) is 24.3 Å². The molecular formula is C14H17N3O2S. The Morgan fingerprint density at radius 1 is 1.40 bits per heavy atom. The number of rotatable bonds is 4. The van der Waals surface area contributed by atoms with Crippen molar-refractivity contribution in [3.8, 4) is 5.75 Å². The monoisotopic (exact) mass is 291 g/mol. The molecule has 0 saturated heterocycles. The molecule has 0 aliphatic rings. The van der Waals surface area contributed by atoms with Crippen molar-refractivity contribution >= 4 is 22.5 Å². The summed E-state index contributed by atoms with van der Waals surface area (Å²) in [6.07, 6.45) is 2.52. The number of carbonyl (C=O) groups excluding carboxylic acids is 1. The molecule has 0 bridgehead atoms. The van der Waals surface area contributed by atoms with Crippen LogP contribution in [0.15, 0.2) is 30.5 Å². The minimum absolute atomic E-state index is 0.178. The maximum Gasteiger partial charge on any atom is 0.323 e. The van der Waals surface area contributed by atoms with Crippen LogP contribution < -0.4 is 10.1 Å². The fourth-order valence-corrected chi connectivity index (χ4v) is 2.51. The summed E-state index contributed by atoms with van der Waals surface area (Å²) in [5, 5.41) is 3.34. The SMILES string of the molecule is COc1ccccc1Cc1cnc(NC(=O)N(C)C)s1. The number of anilines is 1. The summed E-state index contributed by atoms with van der Waals surface area (Å²) in [5.74, 6) is 0.861. The molecule has 0 fully saturated rings. The molecule has 6 heteroatoms. The average Bonchev–Trinajstić information content (AvgIpc) is 2.86. The van der Waals surface area contributed by atoms with Crippen molar-refractivity contribution in [1.82, 2.24) is 9.88 Å². The zero-order chi connectivity index (χ0) is 14.5. The molecule has 2 amide bonds. The van der Waals surface area contributed by atoms with Gasteiger partial charge < -0.3 is 9.64 Å². The zero-order valence-electron chi connectivity index (χ0n) is 11.7. The van der Waals surface area contributed by atoms with Crippen molar-refractivity contribution in [3.05, 3.63) is 40.9 Å². The van der Waals surface area contributed by atoms with Crippen LogP contribution in [-0.2, 0) is 6.42 Å².